The molecule has 0 heterocycles. The third-order valence-corrected chi connectivity index (χ3v) is 4.26. The number of carbonyl (C=O) groups excluding carboxylic acids is 1. The van der Waals surface area contributed by atoms with Crippen LogP contribution in [0.2, 0.25) is 5.02 Å². The molecule has 0 aliphatic carbocycles. The molecule has 122 valence electrons. The van der Waals surface area contributed by atoms with Crippen LogP contribution in [0.5, 0.6) is 0 Å². The minimum absolute atomic E-state index is 0.00233. The molecule has 0 aromatic heterocycles. The summed E-state index contributed by atoms with van der Waals surface area (Å²) in [7, 11) is 0. The van der Waals surface area contributed by atoms with Crippen LogP contribution in [0, 0.1) is 6.92 Å². The van der Waals surface area contributed by atoms with E-state index in [1.54, 1.807) is 0 Å². The van der Waals surface area contributed by atoms with Gasteiger partial charge in [-0.25, -0.2) is 0 Å². The highest BCUT2D eigenvalue weighted by molar-refractivity contribution is 6.31. The molecule has 2 N–H and O–H groups in total. The lowest BCUT2D eigenvalue weighted by atomic mass is 10.1. The van der Waals surface area contributed by atoms with Gasteiger partial charge in [-0.3, -0.25) is 4.79 Å². The number of hydrogen-bond donors (Lipinski definition) is 2. The summed E-state index contributed by atoms with van der Waals surface area (Å²) in [6.45, 7) is 5.01. The number of nitrogens with one attached hydrogen (secondary N) is 2. The van der Waals surface area contributed by atoms with E-state index in [4.69, 9.17) is 11.6 Å². The van der Waals surface area contributed by atoms with Gasteiger partial charge in [-0.15, -0.1) is 0 Å². The van der Waals surface area contributed by atoms with Gasteiger partial charge >= 0.3 is 0 Å². The Bertz CT molecular complexity index is 657. The Labute approximate surface area is 143 Å². The van der Waals surface area contributed by atoms with E-state index >= 15 is 0 Å². The molecule has 1 amide bonds. The lowest BCUT2D eigenvalue weighted by Gasteiger charge is -2.15. The maximum absolute atomic E-state index is 11.9. The molecule has 2 aromatic rings. The van der Waals surface area contributed by atoms with E-state index in [1.165, 1.54) is 11.1 Å². The number of aryl methyl sites for hydroxylation is 1. The summed E-state index contributed by atoms with van der Waals surface area (Å²) < 4.78 is 0. The first-order valence-corrected chi connectivity index (χ1v) is 8.24. The Balaban J connectivity index is 1.73. The van der Waals surface area contributed by atoms with Crippen LogP contribution in [0.15, 0.2) is 48.5 Å². The zero-order chi connectivity index (χ0) is 16.7. The standard InChI is InChI=1S/C19H23ClN2O/c1-14-7-3-4-8-16(14)11-12-21-19(23)13-22-15(2)17-9-5-6-10-18(17)20/h3-10,15,22H,11-13H2,1-2H3,(H,21,23). The van der Waals surface area contributed by atoms with Gasteiger partial charge in [0.1, 0.15) is 0 Å². The summed E-state index contributed by atoms with van der Waals surface area (Å²) in [5, 5.41) is 6.86. The van der Waals surface area contributed by atoms with E-state index in [2.05, 4.69) is 29.7 Å². The highest BCUT2D eigenvalue weighted by Gasteiger charge is 2.10. The molecule has 3 nitrogen and oxygen atoms in total. The minimum atomic E-state index is -0.00233. The zero-order valence-corrected chi connectivity index (χ0v) is 14.4. The Hall–Kier alpha value is -1.84. The first kappa shape index (κ1) is 17.5. The number of hydrogen-bond acceptors (Lipinski definition) is 2. The molecular formula is C19H23ClN2O. The second-order valence-electron chi connectivity index (χ2n) is 5.65. The molecular weight excluding hydrogens is 308 g/mol. The van der Waals surface area contributed by atoms with Crippen LogP contribution in [0.3, 0.4) is 0 Å². The number of halogens is 1. The average Bonchev–Trinajstić information content (AvgIpc) is 2.55. The summed E-state index contributed by atoms with van der Waals surface area (Å²) in [5.41, 5.74) is 3.53. The van der Waals surface area contributed by atoms with Crippen molar-refractivity contribution in [1.29, 1.82) is 0 Å². The second-order valence-corrected chi connectivity index (χ2v) is 6.06. The topological polar surface area (TPSA) is 41.1 Å². The summed E-state index contributed by atoms with van der Waals surface area (Å²) in [6, 6.07) is 15.9. The molecule has 4 heteroatoms. The molecule has 0 saturated heterocycles. The number of benzene rings is 2. The van der Waals surface area contributed by atoms with Crippen LogP contribution in [0.4, 0.5) is 0 Å². The SMILES string of the molecule is Cc1ccccc1CCNC(=O)CNC(C)c1ccccc1Cl. The van der Waals surface area contributed by atoms with Gasteiger partial charge in [0.25, 0.3) is 0 Å². The Kier molecular flexibility index (Phi) is 6.63. The van der Waals surface area contributed by atoms with Gasteiger partial charge in [0, 0.05) is 17.6 Å². The highest BCUT2D eigenvalue weighted by atomic mass is 35.5. The fourth-order valence-corrected chi connectivity index (χ4v) is 2.77. The first-order chi connectivity index (χ1) is 11.1. The maximum Gasteiger partial charge on any atom is 0.233 e. The smallest absolute Gasteiger partial charge is 0.233 e. The molecule has 0 aliphatic rings. The monoisotopic (exact) mass is 330 g/mol. The number of rotatable bonds is 7. The molecule has 0 bridgehead atoms. The van der Waals surface area contributed by atoms with Gasteiger partial charge < -0.3 is 10.6 Å². The van der Waals surface area contributed by atoms with E-state index in [9.17, 15) is 4.79 Å². The summed E-state index contributed by atoms with van der Waals surface area (Å²) in [6.07, 6.45) is 0.846. The second kappa shape index (κ2) is 8.70. The first-order valence-electron chi connectivity index (χ1n) is 7.87. The number of amides is 1. The zero-order valence-electron chi connectivity index (χ0n) is 13.6. The van der Waals surface area contributed by atoms with E-state index < -0.39 is 0 Å². The third-order valence-electron chi connectivity index (χ3n) is 3.92. The van der Waals surface area contributed by atoms with E-state index in [1.807, 2.05) is 43.3 Å². The normalized spacial score (nSPS) is 12.0. The van der Waals surface area contributed by atoms with Crippen molar-refractivity contribution in [2.75, 3.05) is 13.1 Å². The van der Waals surface area contributed by atoms with Gasteiger partial charge in [0.05, 0.1) is 6.54 Å². The van der Waals surface area contributed by atoms with Crippen molar-refractivity contribution in [1.82, 2.24) is 10.6 Å². The van der Waals surface area contributed by atoms with Gasteiger partial charge in [-0.05, 0) is 43.0 Å². The molecule has 1 atom stereocenters. The lowest BCUT2D eigenvalue weighted by molar-refractivity contribution is -0.120. The molecule has 0 saturated carbocycles. The van der Waals surface area contributed by atoms with Crippen molar-refractivity contribution < 1.29 is 4.79 Å². The molecule has 0 fully saturated rings. The maximum atomic E-state index is 11.9. The Morgan fingerprint density at radius 1 is 1.13 bits per heavy atom. The van der Waals surface area contributed by atoms with Gasteiger partial charge in [0.2, 0.25) is 5.91 Å². The van der Waals surface area contributed by atoms with Crippen molar-refractivity contribution in [2.45, 2.75) is 26.3 Å². The van der Waals surface area contributed by atoms with E-state index in [-0.39, 0.29) is 18.5 Å². The summed E-state index contributed by atoms with van der Waals surface area (Å²) in [5.74, 6) is -0.00233. The van der Waals surface area contributed by atoms with Gasteiger partial charge in [-0.1, -0.05) is 54.1 Å². The van der Waals surface area contributed by atoms with Crippen LogP contribution in [-0.4, -0.2) is 19.0 Å². The van der Waals surface area contributed by atoms with Crippen molar-refractivity contribution in [3.63, 3.8) is 0 Å². The minimum Gasteiger partial charge on any atom is -0.355 e. The van der Waals surface area contributed by atoms with Crippen LogP contribution >= 0.6 is 11.6 Å². The van der Waals surface area contributed by atoms with Crippen LogP contribution in [0.1, 0.15) is 29.7 Å². The van der Waals surface area contributed by atoms with Crippen LogP contribution < -0.4 is 10.6 Å². The van der Waals surface area contributed by atoms with E-state index in [0.717, 1.165) is 12.0 Å². The molecule has 2 aromatic carbocycles. The Morgan fingerprint density at radius 3 is 2.57 bits per heavy atom. The van der Waals surface area contributed by atoms with Crippen LogP contribution in [-0.2, 0) is 11.2 Å². The van der Waals surface area contributed by atoms with E-state index in [0.29, 0.717) is 11.6 Å². The largest absolute Gasteiger partial charge is 0.355 e. The highest BCUT2D eigenvalue weighted by Crippen LogP contribution is 2.21. The molecule has 0 radical (unpaired) electrons. The molecule has 23 heavy (non-hydrogen) atoms. The molecule has 1 unspecified atom stereocenters. The van der Waals surface area contributed by atoms with Crippen molar-refractivity contribution >= 4 is 17.5 Å². The quantitative estimate of drug-likeness (QED) is 0.813. The fraction of sp³-hybridized carbons (Fsp3) is 0.316. The predicted octanol–water partition coefficient (Wildman–Crippen LogP) is 3.66. The lowest BCUT2D eigenvalue weighted by Crippen LogP contribution is -2.36. The summed E-state index contributed by atoms with van der Waals surface area (Å²) >= 11 is 6.16. The van der Waals surface area contributed by atoms with Crippen molar-refractivity contribution in [2.24, 2.45) is 0 Å². The predicted molar refractivity (Wildman–Crippen MR) is 95.8 cm³/mol. The van der Waals surface area contributed by atoms with Gasteiger partial charge in [-0.2, -0.15) is 0 Å². The van der Waals surface area contributed by atoms with Gasteiger partial charge in [0.15, 0.2) is 0 Å². The number of carbonyl (C=O) groups is 1. The molecule has 0 aliphatic heterocycles. The summed E-state index contributed by atoms with van der Waals surface area (Å²) in [4.78, 5) is 11.9. The van der Waals surface area contributed by atoms with Crippen molar-refractivity contribution in [3.05, 3.63) is 70.2 Å². The average molecular weight is 331 g/mol. The third kappa shape index (κ3) is 5.38. The fourth-order valence-electron chi connectivity index (χ4n) is 2.47. The van der Waals surface area contributed by atoms with Crippen LogP contribution in [0.25, 0.3) is 0 Å². The Morgan fingerprint density at radius 2 is 1.83 bits per heavy atom. The molecule has 0 spiro atoms. The van der Waals surface area contributed by atoms with Crippen molar-refractivity contribution in [3.8, 4) is 0 Å². The molecule has 2 rings (SSSR count).